The fourth-order valence-corrected chi connectivity index (χ4v) is 0.974. The molecule has 0 radical (unpaired) electrons. The third-order valence-electron chi connectivity index (χ3n) is 1.64. The number of amides is 2. The van der Waals surface area contributed by atoms with Crippen LogP contribution in [0.3, 0.4) is 0 Å². The molecule has 0 aliphatic carbocycles. The van der Waals surface area contributed by atoms with Gasteiger partial charge >= 0.3 is 6.09 Å². The van der Waals surface area contributed by atoms with Crippen LogP contribution in [-0.2, 0) is 4.79 Å². The zero-order chi connectivity index (χ0) is 13.8. The number of nitrogens with one attached hydrogen (secondary N) is 1. The van der Waals surface area contributed by atoms with Gasteiger partial charge in [-0.2, -0.15) is 0 Å². The number of carbonyl (C=O) groups is 2. The van der Waals surface area contributed by atoms with E-state index in [0.717, 1.165) is 5.56 Å². The fraction of sp³-hybridized carbons (Fsp3) is 0.167. The Labute approximate surface area is 105 Å². The topological polar surface area (TPSA) is 113 Å². The molecule has 0 atom stereocenters. The van der Waals surface area contributed by atoms with E-state index in [1.165, 1.54) is 6.08 Å². The molecular formula is C12H16N2O4. The first-order chi connectivity index (χ1) is 8.56. The summed E-state index contributed by atoms with van der Waals surface area (Å²) in [7, 11) is 0. The van der Waals surface area contributed by atoms with Crippen LogP contribution in [0.25, 0.3) is 6.08 Å². The number of rotatable bonds is 4. The van der Waals surface area contributed by atoms with Gasteiger partial charge in [-0.05, 0) is 11.6 Å². The van der Waals surface area contributed by atoms with Crippen LogP contribution in [0.1, 0.15) is 5.56 Å². The van der Waals surface area contributed by atoms with Gasteiger partial charge in [0.05, 0.1) is 6.61 Å². The molecule has 6 nitrogen and oxygen atoms in total. The van der Waals surface area contributed by atoms with Crippen LogP contribution in [0.5, 0.6) is 0 Å². The molecule has 0 aromatic heterocycles. The van der Waals surface area contributed by atoms with Gasteiger partial charge in [-0.3, -0.25) is 4.79 Å². The van der Waals surface area contributed by atoms with E-state index < -0.39 is 6.09 Å². The van der Waals surface area contributed by atoms with Gasteiger partial charge in [0.25, 0.3) is 0 Å². The monoisotopic (exact) mass is 252 g/mol. The summed E-state index contributed by atoms with van der Waals surface area (Å²) >= 11 is 0. The smallest absolute Gasteiger partial charge is 0.402 e. The van der Waals surface area contributed by atoms with Gasteiger partial charge in [-0.25, -0.2) is 4.79 Å². The van der Waals surface area contributed by atoms with E-state index in [-0.39, 0.29) is 19.1 Å². The molecule has 0 heterocycles. The molecule has 98 valence electrons. The van der Waals surface area contributed by atoms with Crippen LogP contribution >= 0.6 is 0 Å². The van der Waals surface area contributed by atoms with Crippen molar-refractivity contribution in [2.75, 3.05) is 13.2 Å². The minimum atomic E-state index is -1.33. The highest BCUT2D eigenvalue weighted by atomic mass is 16.4. The van der Waals surface area contributed by atoms with Crippen LogP contribution in [0, 0.1) is 0 Å². The first kappa shape index (κ1) is 15.7. The molecule has 1 rings (SSSR count). The summed E-state index contributed by atoms with van der Waals surface area (Å²) < 4.78 is 0. The maximum atomic E-state index is 11.1. The third kappa shape index (κ3) is 10.2. The van der Waals surface area contributed by atoms with Crippen molar-refractivity contribution in [1.82, 2.24) is 5.32 Å². The molecule has 0 spiro atoms. The Kier molecular flexibility index (Phi) is 8.57. The molecule has 18 heavy (non-hydrogen) atoms. The Bertz CT molecular complexity index is 386. The summed E-state index contributed by atoms with van der Waals surface area (Å²) in [6.45, 7) is 0.253. The molecule has 1 aromatic rings. The van der Waals surface area contributed by atoms with Crippen molar-refractivity contribution >= 4 is 18.1 Å². The highest BCUT2D eigenvalue weighted by Crippen LogP contribution is 2.00. The summed E-state index contributed by atoms with van der Waals surface area (Å²) in [5.41, 5.74) is 5.01. The van der Waals surface area contributed by atoms with E-state index in [0.29, 0.717) is 0 Å². The lowest BCUT2D eigenvalue weighted by Gasteiger charge is -1.96. The second-order valence-electron chi connectivity index (χ2n) is 3.10. The first-order valence-electron chi connectivity index (χ1n) is 5.16. The van der Waals surface area contributed by atoms with Gasteiger partial charge in [0, 0.05) is 12.6 Å². The van der Waals surface area contributed by atoms with Crippen molar-refractivity contribution in [2.24, 2.45) is 5.73 Å². The molecule has 0 unspecified atom stereocenters. The van der Waals surface area contributed by atoms with E-state index in [9.17, 15) is 4.79 Å². The van der Waals surface area contributed by atoms with Crippen LogP contribution in [0.15, 0.2) is 36.4 Å². The Morgan fingerprint density at radius 3 is 2.33 bits per heavy atom. The lowest BCUT2D eigenvalue weighted by atomic mass is 10.2. The number of carboxylic acid groups (broad SMARTS) is 1. The Morgan fingerprint density at radius 1 is 1.28 bits per heavy atom. The Hall–Kier alpha value is -2.34. The van der Waals surface area contributed by atoms with Crippen molar-refractivity contribution in [1.29, 1.82) is 0 Å². The molecule has 0 aliphatic heterocycles. The van der Waals surface area contributed by atoms with Crippen LogP contribution < -0.4 is 11.1 Å². The molecule has 0 saturated heterocycles. The summed E-state index contributed by atoms with van der Waals surface area (Å²) in [6, 6.07) is 9.56. The number of hydrogen-bond acceptors (Lipinski definition) is 3. The number of primary amides is 1. The van der Waals surface area contributed by atoms with Crippen molar-refractivity contribution in [2.45, 2.75) is 0 Å². The zero-order valence-corrected chi connectivity index (χ0v) is 9.74. The second kappa shape index (κ2) is 9.86. The van der Waals surface area contributed by atoms with Gasteiger partial charge in [0.1, 0.15) is 0 Å². The van der Waals surface area contributed by atoms with E-state index in [1.807, 2.05) is 30.3 Å². The lowest BCUT2D eigenvalue weighted by Crippen LogP contribution is -2.24. The van der Waals surface area contributed by atoms with E-state index >= 15 is 0 Å². The van der Waals surface area contributed by atoms with E-state index in [4.69, 9.17) is 15.0 Å². The van der Waals surface area contributed by atoms with Crippen molar-refractivity contribution in [3.8, 4) is 0 Å². The predicted octanol–water partition coefficient (Wildman–Crippen LogP) is 0.431. The average Bonchev–Trinajstić information content (AvgIpc) is 2.34. The third-order valence-corrected chi connectivity index (χ3v) is 1.64. The van der Waals surface area contributed by atoms with Gasteiger partial charge in [0.2, 0.25) is 5.91 Å². The highest BCUT2D eigenvalue weighted by Gasteiger charge is 1.92. The SMILES string of the molecule is NC(=O)O.O=C(/C=C/c1ccccc1)NCCO. The largest absolute Gasteiger partial charge is 0.465 e. The maximum Gasteiger partial charge on any atom is 0.402 e. The quantitative estimate of drug-likeness (QED) is 0.582. The van der Waals surface area contributed by atoms with Gasteiger partial charge < -0.3 is 21.3 Å². The van der Waals surface area contributed by atoms with Gasteiger partial charge in [-0.1, -0.05) is 30.3 Å². The Balaban J connectivity index is 0.000000631. The van der Waals surface area contributed by atoms with Crippen LogP contribution in [0.2, 0.25) is 0 Å². The summed E-state index contributed by atoms with van der Waals surface area (Å²) in [6.07, 6.45) is 1.84. The number of carbonyl (C=O) groups excluding carboxylic acids is 1. The molecular weight excluding hydrogens is 236 g/mol. The molecule has 6 heteroatoms. The molecule has 2 amide bonds. The Morgan fingerprint density at radius 2 is 1.83 bits per heavy atom. The van der Waals surface area contributed by atoms with E-state index in [1.54, 1.807) is 6.08 Å². The average molecular weight is 252 g/mol. The van der Waals surface area contributed by atoms with Crippen molar-refractivity contribution in [3.05, 3.63) is 42.0 Å². The van der Waals surface area contributed by atoms with Crippen molar-refractivity contribution < 1.29 is 19.8 Å². The number of benzene rings is 1. The zero-order valence-electron chi connectivity index (χ0n) is 9.74. The molecule has 0 aliphatic rings. The minimum Gasteiger partial charge on any atom is -0.465 e. The normalized spacial score (nSPS) is 9.39. The van der Waals surface area contributed by atoms with Crippen LogP contribution in [-0.4, -0.2) is 35.4 Å². The lowest BCUT2D eigenvalue weighted by molar-refractivity contribution is -0.116. The van der Waals surface area contributed by atoms with Gasteiger partial charge in [-0.15, -0.1) is 0 Å². The summed E-state index contributed by atoms with van der Waals surface area (Å²) in [4.78, 5) is 19.8. The summed E-state index contributed by atoms with van der Waals surface area (Å²) in [5.74, 6) is -0.192. The number of aliphatic hydroxyl groups is 1. The second-order valence-corrected chi connectivity index (χ2v) is 3.10. The van der Waals surface area contributed by atoms with E-state index in [2.05, 4.69) is 11.1 Å². The number of aliphatic hydroxyl groups excluding tert-OH is 1. The highest BCUT2D eigenvalue weighted by molar-refractivity contribution is 5.91. The molecule has 1 aromatic carbocycles. The standard InChI is InChI=1S/C11H13NO2.CH3NO2/c13-9-8-12-11(14)7-6-10-4-2-1-3-5-10;2-1(3)4/h1-7,13H,8-9H2,(H,12,14);2H2,(H,3,4)/b7-6+;. The molecule has 0 saturated carbocycles. The maximum absolute atomic E-state index is 11.1. The van der Waals surface area contributed by atoms with Crippen molar-refractivity contribution in [3.63, 3.8) is 0 Å². The van der Waals surface area contributed by atoms with Crippen LogP contribution in [0.4, 0.5) is 4.79 Å². The molecule has 0 bridgehead atoms. The predicted molar refractivity (Wildman–Crippen MR) is 67.8 cm³/mol. The molecule has 0 fully saturated rings. The fourth-order valence-electron chi connectivity index (χ4n) is 0.974. The first-order valence-corrected chi connectivity index (χ1v) is 5.16. The molecule has 5 N–H and O–H groups in total. The minimum absolute atomic E-state index is 0.0368. The number of nitrogens with two attached hydrogens (primary N) is 1. The van der Waals surface area contributed by atoms with Gasteiger partial charge in [0.15, 0.2) is 0 Å². The summed E-state index contributed by atoms with van der Waals surface area (Å²) in [5, 5.41) is 18.2. The number of hydrogen-bond donors (Lipinski definition) is 4.